The maximum absolute atomic E-state index is 12.3. The van der Waals surface area contributed by atoms with E-state index in [1.54, 1.807) is 6.20 Å². The summed E-state index contributed by atoms with van der Waals surface area (Å²) in [6.07, 6.45) is 7.08. The molecule has 2 N–H and O–H groups in total. The second-order valence-electron chi connectivity index (χ2n) is 5.96. The minimum absolute atomic E-state index is 0.0772. The third-order valence-corrected chi connectivity index (χ3v) is 4.11. The van der Waals surface area contributed by atoms with Crippen molar-refractivity contribution in [3.63, 3.8) is 0 Å². The van der Waals surface area contributed by atoms with E-state index >= 15 is 0 Å². The van der Waals surface area contributed by atoms with Crippen molar-refractivity contribution in [1.82, 2.24) is 20.1 Å². The minimum Gasteiger partial charge on any atom is -0.371 e. The van der Waals surface area contributed by atoms with Gasteiger partial charge in [-0.05, 0) is 38.8 Å². The van der Waals surface area contributed by atoms with Crippen LogP contribution >= 0.6 is 0 Å². The average Bonchev–Trinajstić information content (AvgIpc) is 3.06. The molecular formula is C17H23N5O2. The van der Waals surface area contributed by atoms with Gasteiger partial charge in [-0.15, -0.1) is 0 Å². The van der Waals surface area contributed by atoms with E-state index in [-0.39, 0.29) is 18.2 Å². The molecule has 0 radical (unpaired) electrons. The molecular weight excluding hydrogens is 306 g/mol. The van der Waals surface area contributed by atoms with Gasteiger partial charge in [0, 0.05) is 30.6 Å². The molecule has 7 nitrogen and oxygen atoms in total. The molecule has 0 bridgehead atoms. The van der Waals surface area contributed by atoms with Gasteiger partial charge in [-0.3, -0.25) is 9.67 Å². The highest BCUT2D eigenvalue weighted by Crippen LogP contribution is 2.28. The molecule has 0 saturated carbocycles. The summed E-state index contributed by atoms with van der Waals surface area (Å²) >= 11 is 0. The SMILES string of the molecule is CCn1cc([C@H]2OCCC[C@@H]2NC(=O)Nc2ccc(C)nc2)cn1. The van der Waals surface area contributed by atoms with Crippen LogP contribution in [0.1, 0.15) is 37.1 Å². The number of amides is 2. The van der Waals surface area contributed by atoms with Crippen molar-refractivity contribution in [2.24, 2.45) is 0 Å². The largest absolute Gasteiger partial charge is 0.371 e. The maximum atomic E-state index is 12.3. The lowest BCUT2D eigenvalue weighted by Crippen LogP contribution is -2.44. The van der Waals surface area contributed by atoms with Crippen molar-refractivity contribution in [3.8, 4) is 0 Å². The average molecular weight is 329 g/mol. The molecule has 24 heavy (non-hydrogen) atoms. The first-order valence-electron chi connectivity index (χ1n) is 8.30. The Morgan fingerprint density at radius 2 is 2.29 bits per heavy atom. The Kier molecular flexibility index (Phi) is 5.10. The lowest BCUT2D eigenvalue weighted by Gasteiger charge is -2.31. The van der Waals surface area contributed by atoms with E-state index in [2.05, 4.69) is 20.7 Å². The van der Waals surface area contributed by atoms with E-state index in [9.17, 15) is 4.79 Å². The number of ether oxygens (including phenoxy) is 1. The van der Waals surface area contributed by atoms with Crippen LogP contribution in [0.15, 0.2) is 30.7 Å². The van der Waals surface area contributed by atoms with Crippen LogP contribution in [0, 0.1) is 6.92 Å². The highest BCUT2D eigenvalue weighted by Gasteiger charge is 2.29. The molecule has 1 fully saturated rings. The maximum Gasteiger partial charge on any atom is 0.319 e. The molecule has 0 aliphatic carbocycles. The van der Waals surface area contributed by atoms with Gasteiger partial charge < -0.3 is 15.4 Å². The Morgan fingerprint density at radius 3 is 3.00 bits per heavy atom. The molecule has 1 saturated heterocycles. The smallest absolute Gasteiger partial charge is 0.319 e. The number of aryl methyl sites for hydroxylation is 2. The van der Waals surface area contributed by atoms with Gasteiger partial charge in [0.1, 0.15) is 6.10 Å². The van der Waals surface area contributed by atoms with Crippen LogP contribution in [0.5, 0.6) is 0 Å². The van der Waals surface area contributed by atoms with Gasteiger partial charge in [-0.25, -0.2) is 4.79 Å². The number of hydrogen-bond donors (Lipinski definition) is 2. The summed E-state index contributed by atoms with van der Waals surface area (Å²) in [5.41, 5.74) is 2.58. The number of carbonyl (C=O) groups is 1. The van der Waals surface area contributed by atoms with Crippen LogP contribution < -0.4 is 10.6 Å². The van der Waals surface area contributed by atoms with Crippen LogP contribution in [-0.4, -0.2) is 33.4 Å². The lowest BCUT2D eigenvalue weighted by molar-refractivity contribution is -0.00701. The highest BCUT2D eigenvalue weighted by molar-refractivity contribution is 5.89. The Balaban J connectivity index is 1.64. The molecule has 1 aliphatic heterocycles. The molecule has 2 atom stereocenters. The fourth-order valence-electron chi connectivity index (χ4n) is 2.83. The van der Waals surface area contributed by atoms with E-state index in [0.717, 1.165) is 30.6 Å². The fourth-order valence-corrected chi connectivity index (χ4v) is 2.83. The summed E-state index contributed by atoms with van der Waals surface area (Å²) in [6, 6.07) is 3.37. The molecule has 0 unspecified atom stereocenters. The van der Waals surface area contributed by atoms with Crippen molar-refractivity contribution in [2.45, 2.75) is 45.4 Å². The molecule has 3 heterocycles. The first kappa shape index (κ1) is 16.4. The van der Waals surface area contributed by atoms with Crippen LogP contribution in [0.2, 0.25) is 0 Å². The number of hydrogen-bond acceptors (Lipinski definition) is 4. The second-order valence-corrected chi connectivity index (χ2v) is 5.96. The van der Waals surface area contributed by atoms with Crippen molar-refractivity contribution in [2.75, 3.05) is 11.9 Å². The van der Waals surface area contributed by atoms with Crippen LogP contribution in [0.25, 0.3) is 0 Å². The first-order chi connectivity index (χ1) is 11.7. The summed E-state index contributed by atoms with van der Waals surface area (Å²) in [5, 5.41) is 10.1. The van der Waals surface area contributed by atoms with Gasteiger partial charge >= 0.3 is 6.03 Å². The van der Waals surface area contributed by atoms with E-state index in [1.165, 1.54) is 0 Å². The minimum atomic E-state index is -0.246. The third-order valence-electron chi connectivity index (χ3n) is 4.11. The fraction of sp³-hybridized carbons (Fsp3) is 0.471. The molecule has 1 aliphatic rings. The molecule has 0 spiro atoms. The number of carbonyl (C=O) groups excluding carboxylic acids is 1. The van der Waals surface area contributed by atoms with Gasteiger partial charge in [-0.2, -0.15) is 5.10 Å². The Labute approximate surface area is 141 Å². The molecule has 2 aromatic rings. The summed E-state index contributed by atoms with van der Waals surface area (Å²) in [7, 11) is 0. The van der Waals surface area contributed by atoms with E-state index in [0.29, 0.717) is 12.3 Å². The summed E-state index contributed by atoms with van der Waals surface area (Å²) in [4.78, 5) is 16.5. The molecule has 2 amide bonds. The van der Waals surface area contributed by atoms with Crippen LogP contribution in [-0.2, 0) is 11.3 Å². The number of rotatable bonds is 4. The number of urea groups is 1. The van der Waals surface area contributed by atoms with Crippen molar-refractivity contribution >= 4 is 11.7 Å². The normalized spacial score (nSPS) is 20.6. The van der Waals surface area contributed by atoms with Crippen LogP contribution in [0.3, 0.4) is 0 Å². The van der Waals surface area contributed by atoms with Crippen molar-refractivity contribution < 1.29 is 9.53 Å². The standard InChI is InChI=1S/C17H23N5O2/c1-3-22-11-13(9-19-22)16-15(5-4-8-24-16)21-17(23)20-14-7-6-12(2)18-10-14/h6-7,9-11,15-16H,3-5,8H2,1-2H3,(H2,20,21,23)/t15-,16+/m0/s1. The van der Waals surface area contributed by atoms with E-state index < -0.39 is 0 Å². The first-order valence-corrected chi connectivity index (χ1v) is 8.30. The monoisotopic (exact) mass is 329 g/mol. The molecule has 3 rings (SSSR count). The number of pyridine rings is 1. The summed E-state index contributed by atoms with van der Waals surface area (Å²) < 4.78 is 7.76. The van der Waals surface area contributed by atoms with Crippen LogP contribution in [0.4, 0.5) is 10.5 Å². The van der Waals surface area contributed by atoms with Gasteiger partial charge in [0.25, 0.3) is 0 Å². The number of anilines is 1. The second kappa shape index (κ2) is 7.44. The van der Waals surface area contributed by atoms with E-state index in [4.69, 9.17) is 4.74 Å². The quantitative estimate of drug-likeness (QED) is 0.903. The summed E-state index contributed by atoms with van der Waals surface area (Å²) in [6.45, 7) is 5.46. The molecule has 128 valence electrons. The molecule has 2 aromatic heterocycles. The third kappa shape index (κ3) is 3.91. The topological polar surface area (TPSA) is 81.1 Å². The highest BCUT2D eigenvalue weighted by atomic mass is 16.5. The summed E-state index contributed by atoms with van der Waals surface area (Å²) in [5.74, 6) is 0. The van der Waals surface area contributed by atoms with E-state index in [1.807, 2.05) is 43.1 Å². The lowest BCUT2D eigenvalue weighted by atomic mass is 9.98. The van der Waals surface area contributed by atoms with Crippen molar-refractivity contribution in [3.05, 3.63) is 42.0 Å². The zero-order valence-electron chi connectivity index (χ0n) is 14.0. The molecule has 0 aromatic carbocycles. The number of aromatic nitrogens is 3. The number of nitrogens with zero attached hydrogens (tertiary/aromatic N) is 3. The van der Waals surface area contributed by atoms with Gasteiger partial charge in [0.2, 0.25) is 0 Å². The zero-order chi connectivity index (χ0) is 16.9. The molecule has 7 heteroatoms. The van der Waals surface area contributed by atoms with Crippen molar-refractivity contribution in [1.29, 1.82) is 0 Å². The Bertz CT molecular complexity index is 683. The van der Waals surface area contributed by atoms with Gasteiger partial charge in [0.05, 0.1) is 24.1 Å². The zero-order valence-corrected chi connectivity index (χ0v) is 14.0. The Hall–Kier alpha value is -2.41. The van der Waals surface area contributed by atoms with Gasteiger partial charge in [0.15, 0.2) is 0 Å². The van der Waals surface area contributed by atoms with Gasteiger partial charge in [-0.1, -0.05) is 0 Å². The predicted octanol–water partition coefficient (Wildman–Crippen LogP) is 2.65. The Morgan fingerprint density at radius 1 is 1.42 bits per heavy atom. The number of nitrogens with one attached hydrogen (secondary N) is 2. The predicted molar refractivity (Wildman–Crippen MR) is 90.7 cm³/mol.